The van der Waals surface area contributed by atoms with Crippen molar-refractivity contribution in [2.75, 3.05) is 18.9 Å². The van der Waals surface area contributed by atoms with Crippen LogP contribution in [0.4, 0.5) is 23.2 Å². The molecule has 2 N–H and O–H groups in total. The number of alkyl halides is 2. The standard InChI is InChI=1S/C12H15F4NO/c1-12(2,6-18-5-10(15)16)11-8(13)3-7(17)4-9(11)14/h3-4,10H,5-6,17H2,1-2H3. The first kappa shape index (κ1) is 14.8. The molecule has 6 heteroatoms. The Hall–Kier alpha value is -1.30. The van der Waals surface area contributed by atoms with Gasteiger partial charge in [0.1, 0.15) is 18.2 Å². The molecule has 0 radical (unpaired) electrons. The lowest BCUT2D eigenvalue weighted by molar-refractivity contribution is 0.00105. The number of benzene rings is 1. The summed E-state index contributed by atoms with van der Waals surface area (Å²) in [7, 11) is 0. The molecule has 1 aromatic carbocycles. The Kier molecular flexibility index (Phi) is 4.56. The Bertz CT molecular complexity index is 398. The summed E-state index contributed by atoms with van der Waals surface area (Å²) in [5, 5.41) is 0. The van der Waals surface area contributed by atoms with Gasteiger partial charge < -0.3 is 10.5 Å². The molecule has 0 aliphatic heterocycles. The summed E-state index contributed by atoms with van der Waals surface area (Å²) in [6.07, 6.45) is -2.61. The van der Waals surface area contributed by atoms with E-state index in [1.165, 1.54) is 13.8 Å². The number of hydrogen-bond donors (Lipinski definition) is 1. The zero-order valence-electron chi connectivity index (χ0n) is 10.1. The summed E-state index contributed by atoms with van der Waals surface area (Å²) in [5.74, 6) is -1.61. The fourth-order valence-corrected chi connectivity index (χ4v) is 1.71. The van der Waals surface area contributed by atoms with Crippen LogP contribution in [0.2, 0.25) is 0 Å². The fourth-order valence-electron chi connectivity index (χ4n) is 1.71. The summed E-state index contributed by atoms with van der Waals surface area (Å²) in [4.78, 5) is 0. The van der Waals surface area contributed by atoms with Crippen LogP contribution in [0.15, 0.2) is 12.1 Å². The van der Waals surface area contributed by atoms with Crippen molar-refractivity contribution in [3.8, 4) is 0 Å². The lowest BCUT2D eigenvalue weighted by Gasteiger charge is -2.26. The van der Waals surface area contributed by atoms with E-state index in [1.807, 2.05) is 0 Å². The number of rotatable bonds is 5. The molecular weight excluding hydrogens is 250 g/mol. The zero-order valence-corrected chi connectivity index (χ0v) is 10.1. The number of halogens is 4. The van der Waals surface area contributed by atoms with Crippen molar-refractivity contribution in [3.63, 3.8) is 0 Å². The van der Waals surface area contributed by atoms with E-state index in [0.29, 0.717) is 0 Å². The maximum absolute atomic E-state index is 13.7. The Morgan fingerprint density at radius 1 is 1.22 bits per heavy atom. The van der Waals surface area contributed by atoms with Gasteiger partial charge in [-0.1, -0.05) is 13.8 Å². The van der Waals surface area contributed by atoms with Gasteiger partial charge in [-0.2, -0.15) is 0 Å². The minimum Gasteiger partial charge on any atom is -0.399 e. The highest BCUT2D eigenvalue weighted by molar-refractivity contribution is 5.43. The highest BCUT2D eigenvalue weighted by Gasteiger charge is 2.29. The normalized spacial score (nSPS) is 12.2. The molecule has 0 unspecified atom stereocenters. The Balaban J connectivity index is 2.90. The predicted octanol–water partition coefficient (Wildman–Crippen LogP) is 3.11. The second-order valence-corrected chi connectivity index (χ2v) is 4.65. The average molecular weight is 265 g/mol. The summed E-state index contributed by atoms with van der Waals surface area (Å²) >= 11 is 0. The van der Waals surface area contributed by atoms with Crippen LogP contribution < -0.4 is 5.73 Å². The van der Waals surface area contributed by atoms with E-state index in [0.717, 1.165) is 12.1 Å². The number of anilines is 1. The van der Waals surface area contributed by atoms with E-state index < -0.39 is 30.1 Å². The van der Waals surface area contributed by atoms with Gasteiger partial charge in [-0.25, -0.2) is 17.6 Å². The summed E-state index contributed by atoms with van der Waals surface area (Å²) in [6.45, 7) is 2.04. The van der Waals surface area contributed by atoms with Crippen molar-refractivity contribution >= 4 is 5.69 Å². The van der Waals surface area contributed by atoms with Crippen LogP contribution in [-0.4, -0.2) is 19.6 Å². The summed E-state index contributed by atoms with van der Waals surface area (Å²) < 4.78 is 55.9. The molecular formula is C12H15F4NO. The van der Waals surface area contributed by atoms with Crippen molar-refractivity contribution in [1.82, 2.24) is 0 Å². The maximum Gasteiger partial charge on any atom is 0.261 e. The number of nitrogen functional groups attached to an aromatic ring is 1. The first-order chi connectivity index (χ1) is 8.24. The molecule has 0 aliphatic carbocycles. The van der Waals surface area contributed by atoms with Gasteiger partial charge in [0.15, 0.2) is 0 Å². The Morgan fingerprint density at radius 2 is 1.72 bits per heavy atom. The molecule has 1 rings (SSSR count). The number of ether oxygens (including phenoxy) is 1. The van der Waals surface area contributed by atoms with Crippen LogP contribution in [0.1, 0.15) is 19.4 Å². The predicted molar refractivity (Wildman–Crippen MR) is 60.6 cm³/mol. The molecule has 18 heavy (non-hydrogen) atoms. The molecule has 0 heterocycles. The van der Waals surface area contributed by atoms with Crippen LogP contribution in [0.5, 0.6) is 0 Å². The highest BCUT2D eigenvalue weighted by atomic mass is 19.3. The second-order valence-electron chi connectivity index (χ2n) is 4.65. The Morgan fingerprint density at radius 3 is 2.17 bits per heavy atom. The van der Waals surface area contributed by atoms with E-state index in [2.05, 4.69) is 0 Å². The van der Waals surface area contributed by atoms with E-state index >= 15 is 0 Å². The van der Waals surface area contributed by atoms with E-state index in [1.54, 1.807) is 0 Å². The topological polar surface area (TPSA) is 35.2 Å². The largest absolute Gasteiger partial charge is 0.399 e. The third-order valence-electron chi connectivity index (χ3n) is 2.45. The summed E-state index contributed by atoms with van der Waals surface area (Å²) in [6, 6.07) is 1.99. The molecule has 0 aliphatic rings. The molecule has 0 atom stereocenters. The van der Waals surface area contributed by atoms with Gasteiger partial charge in [0, 0.05) is 16.7 Å². The molecule has 1 aromatic rings. The molecule has 102 valence electrons. The SMILES string of the molecule is CC(C)(COCC(F)F)c1c(F)cc(N)cc1F. The van der Waals surface area contributed by atoms with Crippen molar-refractivity contribution in [2.24, 2.45) is 0 Å². The molecule has 0 saturated carbocycles. The monoisotopic (exact) mass is 265 g/mol. The van der Waals surface area contributed by atoms with Gasteiger partial charge >= 0.3 is 0 Å². The van der Waals surface area contributed by atoms with Gasteiger partial charge in [-0.15, -0.1) is 0 Å². The number of nitrogens with two attached hydrogens (primary N) is 1. The third-order valence-corrected chi connectivity index (χ3v) is 2.45. The highest BCUT2D eigenvalue weighted by Crippen LogP contribution is 2.30. The summed E-state index contributed by atoms with van der Waals surface area (Å²) in [5.41, 5.74) is 4.00. The molecule has 0 fully saturated rings. The van der Waals surface area contributed by atoms with E-state index in [4.69, 9.17) is 10.5 Å². The molecule has 0 saturated heterocycles. The van der Waals surface area contributed by atoms with Crippen molar-refractivity contribution < 1.29 is 22.3 Å². The number of hydrogen-bond acceptors (Lipinski definition) is 2. The van der Waals surface area contributed by atoms with Crippen LogP contribution in [0, 0.1) is 11.6 Å². The van der Waals surface area contributed by atoms with Gasteiger partial charge in [0.25, 0.3) is 6.43 Å². The minimum atomic E-state index is -2.61. The van der Waals surface area contributed by atoms with Crippen LogP contribution in [-0.2, 0) is 10.2 Å². The van der Waals surface area contributed by atoms with Crippen LogP contribution in [0.3, 0.4) is 0 Å². The molecule has 2 nitrogen and oxygen atoms in total. The van der Waals surface area contributed by atoms with Gasteiger partial charge in [-0.3, -0.25) is 0 Å². The fraction of sp³-hybridized carbons (Fsp3) is 0.500. The van der Waals surface area contributed by atoms with E-state index in [-0.39, 0.29) is 17.9 Å². The second kappa shape index (κ2) is 5.56. The van der Waals surface area contributed by atoms with Crippen molar-refractivity contribution in [1.29, 1.82) is 0 Å². The zero-order chi connectivity index (χ0) is 13.9. The third kappa shape index (κ3) is 3.60. The first-order valence-corrected chi connectivity index (χ1v) is 5.35. The lowest BCUT2D eigenvalue weighted by Crippen LogP contribution is -2.28. The first-order valence-electron chi connectivity index (χ1n) is 5.35. The van der Waals surface area contributed by atoms with Gasteiger partial charge in [0.2, 0.25) is 0 Å². The molecule has 0 aromatic heterocycles. The Labute approximate surface area is 103 Å². The maximum atomic E-state index is 13.7. The van der Waals surface area contributed by atoms with Crippen LogP contribution in [0.25, 0.3) is 0 Å². The minimum absolute atomic E-state index is 0.0296. The quantitative estimate of drug-likeness (QED) is 0.656. The average Bonchev–Trinajstić information content (AvgIpc) is 2.13. The molecule has 0 bridgehead atoms. The lowest BCUT2D eigenvalue weighted by atomic mass is 9.84. The van der Waals surface area contributed by atoms with E-state index in [9.17, 15) is 17.6 Å². The van der Waals surface area contributed by atoms with Gasteiger partial charge in [-0.05, 0) is 12.1 Å². The molecule has 0 spiro atoms. The molecule has 0 amide bonds. The van der Waals surface area contributed by atoms with Crippen molar-refractivity contribution in [3.05, 3.63) is 29.3 Å². The van der Waals surface area contributed by atoms with Gasteiger partial charge in [0.05, 0.1) is 6.61 Å². The van der Waals surface area contributed by atoms with Crippen LogP contribution >= 0.6 is 0 Å². The van der Waals surface area contributed by atoms with Crippen molar-refractivity contribution in [2.45, 2.75) is 25.7 Å². The smallest absolute Gasteiger partial charge is 0.261 e.